The van der Waals surface area contributed by atoms with Gasteiger partial charge in [0.05, 0.1) is 6.42 Å². The summed E-state index contributed by atoms with van der Waals surface area (Å²) in [7, 11) is 0. The van der Waals surface area contributed by atoms with E-state index in [4.69, 9.17) is 5.73 Å². The molecule has 2 rings (SSSR count). The third-order valence-electron chi connectivity index (χ3n) is 2.78. The van der Waals surface area contributed by atoms with Crippen molar-refractivity contribution in [1.82, 2.24) is 0 Å². The number of carbonyl (C=O) groups is 2. The fourth-order valence-electron chi connectivity index (χ4n) is 1.97. The van der Waals surface area contributed by atoms with Crippen molar-refractivity contribution in [3.8, 4) is 0 Å². The average Bonchev–Trinajstić information content (AvgIpc) is 2.37. The Kier molecular flexibility index (Phi) is 4.56. The Morgan fingerprint density at radius 2 is 1.67 bits per heavy atom. The number of rotatable bonds is 4. The van der Waals surface area contributed by atoms with Crippen LogP contribution in [0.5, 0.6) is 0 Å². The molecular formula is C16H17N3O2. The lowest BCUT2D eigenvalue weighted by Gasteiger charge is -2.08. The summed E-state index contributed by atoms with van der Waals surface area (Å²) < 4.78 is 0. The van der Waals surface area contributed by atoms with Gasteiger partial charge in [0.25, 0.3) is 0 Å². The van der Waals surface area contributed by atoms with Crippen molar-refractivity contribution in [1.29, 1.82) is 0 Å². The van der Waals surface area contributed by atoms with Crippen LogP contribution in [0.3, 0.4) is 0 Å². The molecule has 0 unspecified atom stereocenters. The molecule has 0 aliphatic carbocycles. The van der Waals surface area contributed by atoms with Gasteiger partial charge in [0.15, 0.2) is 0 Å². The zero-order chi connectivity index (χ0) is 15.2. The van der Waals surface area contributed by atoms with Crippen LogP contribution in [0.25, 0.3) is 0 Å². The third-order valence-corrected chi connectivity index (χ3v) is 2.78. The van der Waals surface area contributed by atoms with Gasteiger partial charge >= 0.3 is 0 Å². The van der Waals surface area contributed by atoms with Gasteiger partial charge < -0.3 is 16.4 Å². The van der Waals surface area contributed by atoms with Crippen LogP contribution in [-0.4, -0.2) is 11.8 Å². The second-order valence-electron chi connectivity index (χ2n) is 4.73. The maximum Gasteiger partial charge on any atom is 0.228 e. The third kappa shape index (κ3) is 4.65. The summed E-state index contributed by atoms with van der Waals surface area (Å²) in [5.74, 6) is -0.293. The maximum absolute atomic E-state index is 12.0. The topological polar surface area (TPSA) is 84.2 Å². The fourth-order valence-corrected chi connectivity index (χ4v) is 1.97. The number of nitrogens with two attached hydrogens (primary N) is 1. The fraction of sp³-hybridized carbons (Fsp3) is 0.125. The van der Waals surface area contributed by atoms with Crippen LogP contribution in [0, 0.1) is 0 Å². The Bertz CT molecular complexity index is 668. The predicted octanol–water partition coefficient (Wildman–Crippen LogP) is 2.41. The SMILES string of the molecule is CC(=O)Nc1cccc(NC(=O)Cc2cccc(N)c2)c1. The standard InChI is InChI=1S/C16H17N3O2/c1-11(20)18-14-6-3-7-15(10-14)19-16(21)9-12-4-2-5-13(17)8-12/h2-8,10H,9,17H2,1H3,(H,18,20)(H,19,21). The van der Waals surface area contributed by atoms with Crippen LogP contribution in [0.15, 0.2) is 48.5 Å². The van der Waals surface area contributed by atoms with Crippen molar-refractivity contribution < 1.29 is 9.59 Å². The molecule has 0 radical (unpaired) electrons. The molecule has 0 fully saturated rings. The molecule has 0 aliphatic rings. The zero-order valence-electron chi connectivity index (χ0n) is 11.7. The largest absolute Gasteiger partial charge is 0.399 e. The molecule has 0 saturated carbocycles. The lowest BCUT2D eigenvalue weighted by Crippen LogP contribution is -2.15. The van der Waals surface area contributed by atoms with E-state index in [2.05, 4.69) is 10.6 Å². The number of carbonyl (C=O) groups excluding carboxylic acids is 2. The number of benzene rings is 2. The highest BCUT2D eigenvalue weighted by Crippen LogP contribution is 2.16. The van der Waals surface area contributed by atoms with Gasteiger partial charge in [-0.05, 0) is 35.9 Å². The van der Waals surface area contributed by atoms with Gasteiger partial charge in [-0.3, -0.25) is 9.59 Å². The van der Waals surface area contributed by atoms with E-state index in [0.717, 1.165) is 5.56 Å². The summed E-state index contributed by atoms with van der Waals surface area (Å²) in [6, 6.07) is 14.2. The van der Waals surface area contributed by atoms with E-state index in [-0.39, 0.29) is 18.2 Å². The van der Waals surface area contributed by atoms with Crippen LogP contribution in [0.1, 0.15) is 12.5 Å². The smallest absolute Gasteiger partial charge is 0.228 e. The van der Waals surface area contributed by atoms with Crippen molar-refractivity contribution in [3.05, 3.63) is 54.1 Å². The molecule has 0 saturated heterocycles. The maximum atomic E-state index is 12.0. The molecule has 0 spiro atoms. The van der Waals surface area contributed by atoms with E-state index in [0.29, 0.717) is 17.1 Å². The first-order valence-electron chi connectivity index (χ1n) is 6.55. The molecule has 5 heteroatoms. The quantitative estimate of drug-likeness (QED) is 0.753. The number of hydrogen-bond acceptors (Lipinski definition) is 3. The van der Waals surface area contributed by atoms with Gasteiger partial charge in [-0.2, -0.15) is 0 Å². The first-order valence-corrected chi connectivity index (χ1v) is 6.55. The second-order valence-corrected chi connectivity index (χ2v) is 4.73. The van der Waals surface area contributed by atoms with E-state index in [1.165, 1.54) is 6.92 Å². The van der Waals surface area contributed by atoms with E-state index in [1.54, 1.807) is 36.4 Å². The number of amides is 2. The summed E-state index contributed by atoms with van der Waals surface area (Å²) >= 11 is 0. The molecule has 21 heavy (non-hydrogen) atoms. The highest BCUT2D eigenvalue weighted by molar-refractivity contribution is 5.94. The van der Waals surface area contributed by atoms with Crippen LogP contribution < -0.4 is 16.4 Å². The molecule has 4 N–H and O–H groups in total. The molecule has 0 aromatic heterocycles. The van der Waals surface area contributed by atoms with Crippen LogP contribution in [0.2, 0.25) is 0 Å². The molecule has 108 valence electrons. The number of hydrogen-bond donors (Lipinski definition) is 3. The minimum Gasteiger partial charge on any atom is -0.399 e. The minimum absolute atomic E-state index is 0.138. The highest BCUT2D eigenvalue weighted by atomic mass is 16.2. The summed E-state index contributed by atoms with van der Waals surface area (Å²) in [6.45, 7) is 1.44. The molecular weight excluding hydrogens is 266 g/mol. The van der Waals surface area contributed by atoms with Crippen LogP contribution >= 0.6 is 0 Å². The second kappa shape index (κ2) is 6.56. The number of nitrogen functional groups attached to an aromatic ring is 1. The van der Waals surface area contributed by atoms with Crippen molar-refractivity contribution in [2.24, 2.45) is 0 Å². The monoisotopic (exact) mass is 283 g/mol. The summed E-state index contributed by atoms with van der Waals surface area (Å²) in [4.78, 5) is 23.0. The zero-order valence-corrected chi connectivity index (χ0v) is 11.7. The van der Waals surface area contributed by atoms with Crippen molar-refractivity contribution >= 4 is 28.9 Å². The lowest BCUT2D eigenvalue weighted by molar-refractivity contribution is -0.115. The minimum atomic E-state index is -0.154. The number of nitrogens with one attached hydrogen (secondary N) is 2. The van der Waals surface area contributed by atoms with Gasteiger partial charge in [-0.15, -0.1) is 0 Å². The van der Waals surface area contributed by atoms with Crippen molar-refractivity contribution in [3.63, 3.8) is 0 Å². The first-order chi connectivity index (χ1) is 10.0. The normalized spacial score (nSPS) is 9.95. The van der Waals surface area contributed by atoms with E-state index < -0.39 is 0 Å². The van der Waals surface area contributed by atoms with Gasteiger partial charge in [0, 0.05) is 24.0 Å². The Hall–Kier alpha value is -2.82. The van der Waals surface area contributed by atoms with Gasteiger partial charge in [-0.25, -0.2) is 0 Å². The van der Waals surface area contributed by atoms with Crippen molar-refractivity contribution in [2.75, 3.05) is 16.4 Å². The van der Waals surface area contributed by atoms with E-state index >= 15 is 0 Å². The summed E-state index contributed by atoms with van der Waals surface area (Å²) in [6.07, 6.45) is 0.245. The lowest BCUT2D eigenvalue weighted by atomic mass is 10.1. The first kappa shape index (κ1) is 14.6. The van der Waals surface area contributed by atoms with E-state index in [9.17, 15) is 9.59 Å². The highest BCUT2D eigenvalue weighted by Gasteiger charge is 2.05. The van der Waals surface area contributed by atoms with Crippen LogP contribution in [-0.2, 0) is 16.0 Å². The predicted molar refractivity (Wildman–Crippen MR) is 83.9 cm³/mol. The Morgan fingerprint density at radius 3 is 2.33 bits per heavy atom. The Morgan fingerprint density at radius 1 is 1.00 bits per heavy atom. The Labute approximate surface area is 123 Å². The van der Waals surface area contributed by atoms with Crippen LogP contribution in [0.4, 0.5) is 17.1 Å². The molecule has 2 aromatic carbocycles. The van der Waals surface area contributed by atoms with E-state index in [1.807, 2.05) is 12.1 Å². The molecule has 0 atom stereocenters. The molecule has 0 aliphatic heterocycles. The molecule has 0 bridgehead atoms. The van der Waals surface area contributed by atoms with Gasteiger partial charge in [0.2, 0.25) is 11.8 Å². The Balaban J connectivity index is 2.01. The average molecular weight is 283 g/mol. The number of anilines is 3. The van der Waals surface area contributed by atoms with Gasteiger partial charge in [0.1, 0.15) is 0 Å². The van der Waals surface area contributed by atoms with Crippen molar-refractivity contribution in [2.45, 2.75) is 13.3 Å². The molecule has 5 nitrogen and oxygen atoms in total. The summed E-state index contributed by atoms with van der Waals surface area (Å²) in [5, 5.41) is 5.46. The molecule has 0 heterocycles. The summed E-state index contributed by atoms with van der Waals surface area (Å²) in [5.41, 5.74) is 8.44. The molecule has 2 amide bonds. The molecule has 2 aromatic rings. The van der Waals surface area contributed by atoms with Gasteiger partial charge in [-0.1, -0.05) is 18.2 Å².